The van der Waals surface area contributed by atoms with Crippen molar-refractivity contribution in [2.24, 2.45) is 7.05 Å². The lowest BCUT2D eigenvalue weighted by Gasteiger charge is -2.32. The third-order valence-electron chi connectivity index (χ3n) is 4.06. The van der Waals surface area contributed by atoms with E-state index in [2.05, 4.69) is 15.4 Å². The average molecular weight is 392 g/mol. The molecule has 2 aromatic heterocycles. The summed E-state index contributed by atoms with van der Waals surface area (Å²) in [5, 5.41) is 8.30. The maximum atomic E-state index is 12.8. The van der Waals surface area contributed by atoms with Crippen molar-refractivity contribution >= 4 is 42.1 Å². The number of carbonyl (C=O) groups is 1. The number of amides is 1. The Kier molecular flexibility index (Phi) is 7.66. The highest BCUT2D eigenvalue weighted by atomic mass is 35.5. The van der Waals surface area contributed by atoms with Crippen LogP contribution in [0.3, 0.4) is 0 Å². The third-order valence-corrected chi connectivity index (χ3v) is 5.25. The number of aromatic nitrogens is 3. The molecule has 2 aromatic rings. The quantitative estimate of drug-likeness (QED) is 0.872. The number of likely N-dealkylation sites (tertiary alicyclic amines) is 1. The van der Waals surface area contributed by atoms with Gasteiger partial charge < -0.3 is 10.2 Å². The highest BCUT2D eigenvalue weighted by Crippen LogP contribution is 2.29. The number of hydrogen-bond donors (Lipinski definition) is 1. The van der Waals surface area contributed by atoms with Gasteiger partial charge in [-0.1, -0.05) is 0 Å². The maximum absolute atomic E-state index is 12.8. The molecule has 1 unspecified atom stereocenters. The molecular formula is C15H23Cl2N5OS. The summed E-state index contributed by atoms with van der Waals surface area (Å²) in [7, 11) is 3.83. The van der Waals surface area contributed by atoms with Crippen molar-refractivity contribution in [1.82, 2.24) is 25.0 Å². The summed E-state index contributed by atoms with van der Waals surface area (Å²) in [6, 6.07) is 0.392. The van der Waals surface area contributed by atoms with Gasteiger partial charge in [0, 0.05) is 37.9 Å². The van der Waals surface area contributed by atoms with Crippen LogP contribution in [-0.4, -0.2) is 51.8 Å². The second-order valence-corrected chi connectivity index (χ2v) is 6.71. The molecule has 1 atom stereocenters. The molecule has 0 saturated carbocycles. The second kappa shape index (κ2) is 8.80. The molecule has 134 valence electrons. The number of rotatable bonds is 3. The molecule has 3 rings (SSSR count). The topological polar surface area (TPSA) is 63.1 Å². The number of nitrogens with zero attached hydrogens (tertiary/aromatic N) is 4. The molecule has 0 radical (unpaired) electrons. The SMILES string of the molecule is CNC1CCCN(C(=O)c2sc(-c3cnn(C)c3)nc2C)C1.Cl.Cl. The van der Waals surface area contributed by atoms with E-state index in [0.29, 0.717) is 6.04 Å². The molecule has 9 heteroatoms. The number of carbonyl (C=O) groups excluding carboxylic acids is 1. The van der Waals surface area contributed by atoms with Crippen LogP contribution in [0.2, 0.25) is 0 Å². The zero-order valence-corrected chi connectivity index (χ0v) is 16.4. The van der Waals surface area contributed by atoms with Crippen LogP contribution in [0.15, 0.2) is 12.4 Å². The highest BCUT2D eigenvalue weighted by Gasteiger charge is 2.26. The standard InChI is InChI=1S/C15H21N5OS.2ClH/c1-10-13(15(21)20-6-4-5-12(9-20)16-2)22-14(18-10)11-7-17-19(3)8-11;;/h7-8,12,16H,4-6,9H2,1-3H3;2*1H. The lowest BCUT2D eigenvalue weighted by atomic mass is 10.1. The van der Waals surface area contributed by atoms with Crippen LogP contribution in [0.1, 0.15) is 28.2 Å². The van der Waals surface area contributed by atoms with Crippen LogP contribution in [0.25, 0.3) is 10.6 Å². The summed E-state index contributed by atoms with van der Waals surface area (Å²) < 4.78 is 1.75. The minimum absolute atomic E-state index is 0. The van der Waals surface area contributed by atoms with Crippen molar-refractivity contribution in [2.45, 2.75) is 25.8 Å². The first-order valence-electron chi connectivity index (χ1n) is 7.51. The van der Waals surface area contributed by atoms with Crippen molar-refractivity contribution in [3.63, 3.8) is 0 Å². The number of likely N-dealkylation sites (N-methyl/N-ethyl adjacent to an activating group) is 1. The Hall–Kier alpha value is -1.15. The Labute approximate surface area is 158 Å². The summed E-state index contributed by atoms with van der Waals surface area (Å²) in [5.41, 5.74) is 1.77. The molecule has 1 aliphatic heterocycles. The van der Waals surface area contributed by atoms with Gasteiger partial charge in [-0.25, -0.2) is 4.98 Å². The van der Waals surface area contributed by atoms with Gasteiger partial charge in [0.05, 0.1) is 11.9 Å². The molecular weight excluding hydrogens is 369 g/mol. The lowest BCUT2D eigenvalue weighted by molar-refractivity contribution is 0.0702. The molecule has 6 nitrogen and oxygen atoms in total. The molecule has 0 spiro atoms. The second-order valence-electron chi connectivity index (χ2n) is 5.72. The van der Waals surface area contributed by atoms with Gasteiger partial charge in [-0.15, -0.1) is 36.2 Å². The molecule has 24 heavy (non-hydrogen) atoms. The minimum Gasteiger partial charge on any atom is -0.336 e. The normalized spacial score (nSPS) is 17.1. The molecule has 1 saturated heterocycles. The van der Waals surface area contributed by atoms with E-state index in [4.69, 9.17) is 0 Å². The number of halogens is 2. The number of thiazole rings is 1. The number of piperidine rings is 1. The Morgan fingerprint density at radius 2 is 2.17 bits per heavy atom. The smallest absolute Gasteiger partial charge is 0.265 e. The summed E-state index contributed by atoms with van der Waals surface area (Å²) >= 11 is 1.46. The van der Waals surface area contributed by atoms with Crippen LogP contribution < -0.4 is 5.32 Å². The first kappa shape index (κ1) is 20.9. The van der Waals surface area contributed by atoms with Crippen LogP contribution in [-0.2, 0) is 7.05 Å². The Morgan fingerprint density at radius 3 is 2.79 bits per heavy atom. The third kappa shape index (κ3) is 4.27. The lowest BCUT2D eigenvalue weighted by Crippen LogP contribution is -2.46. The van der Waals surface area contributed by atoms with E-state index >= 15 is 0 Å². The fourth-order valence-corrected chi connectivity index (χ4v) is 3.80. The van der Waals surface area contributed by atoms with Crippen molar-refractivity contribution < 1.29 is 4.79 Å². The predicted octanol–water partition coefficient (Wildman–Crippen LogP) is 2.52. The fraction of sp³-hybridized carbons (Fsp3) is 0.533. The molecule has 0 aromatic carbocycles. The van der Waals surface area contributed by atoms with E-state index in [1.54, 1.807) is 10.9 Å². The zero-order valence-electron chi connectivity index (χ0n) is 14.0. The molecule has 3 heterocycles. The van der Waals surface area contributed by atoms with Gasteiger partial charge in [-0.05, 0) is 26.8 Å². The van der Waals surface area contributed by atoms with E-state index in [0.717, 1.165) is 47.1 Å². The van der Waals surface area contributed by atoms with Crippen LogP contribution in [0.5, 0.6) is 0 Å². The molecule has 1 N–H and O–H groups in total. The van der Waals surface area contributed by atoms with Crippen molar-refractivity contribution in [3.05, 3.63) is 23.0 Å². The van der Waals surface area contributed by atoms with Crippen molar-refractivity contribution in [1.29, 1.82) is 0 Å². The van der Waals surface area contributed by atoms with Gasteiger partial charge in [0.25, 0.3) is 5.91 Å². The van der Waals surface area contributed by atoms with Crippen molar-refractivity contribution in [3.8, 4) is 10.6 Å². The largest absolute Gasteiger partial charge is 0.336 e. The predicted molar refractivity (Wildman–Crippen MR) is 102 cm³/mol. The first-order valence-corrected chi connectivity index (χ1v) is 8.33. The average Bonchev–Trinajstić information content (AvgIpc) is 3.12. The van der Waals surface area contributed by atoms with E-state index in [1.807, 2.05) is 32.1 Å². The molecule has 0 bridgehead atoms. The zero-order chi connectivity index (χ0) is 15.7. The fourth-order valence-electron chi connectivity index (χ4n) is 2.79. The monoisotopic (exact) mass is 391 g/mol. The number of aryl methyl sites for hydroxylation is 2. The minimum atomic E-state index is 0. The van der Waals surface area contributed by atoms with Gasteiger partial charge in [0.15, 0.2) is 0 Å². The van der Waals surface area contributed by atoms with Crippen LogP contribution >= 0.6 is 36.2 Å². The van der Waals surface area contributed by atoms with Gasteiger partial charge in [0.2, 0.25) is 0 Å². The number of hydrogen-bond acceptors (Lipinski definition) is 5. The number of nitrogens with one attached hydrogen (secondary N) is 1. The Morgan fingerprint density at radius 1 is 1.42 bits per heavy atom. The van der Waals surface area contributed by atoms with Gasteiger partial charge in [-0.3, -0.25) is 9.48 Å². The summed E-state index contributed by atoms with van der Waals surface area (Å²) in [6.45, 7) is 3.51. The summed E-state index contributed by atoms with van der Waals surface area (Å²) in [4.78, 5) is 20.0. The van der Waals surface area contributed by atoms with Crippen molar-refractivity contribution in [2.75, 3.05) is 20.1 Å². The highest BCUT2D eigenvalue weighted by molar-refractivity contribution is 7.17. The van der Waals surface area contributed by atoms with Crippen LogP contribution in [0.4, 0.5) is 0 Å². The van der Waals surface area contributed by atoms with Gasteiger partial charge in [0.1, 0.15) is 9.88 Å². The van der Waals surface area contributed by atoms with E-state index in [-0.39, 0.29) is 30.7 Å². The molecule has 1 fully saturated rings. The summed E-state index contributed by atoms with van der Waals surface area (Å²) in [6.07, 6.45) is 5.88. The maximum Gasteiger partial charge on any atom is 0.265 e. The van der Waals surface area contributed by atoms with E-state index in [9.17, 15) is 4.79 Å². The first-order chi connectivity index (χ1) is 10.6. The van der Waals surface area contributed by atoms with Crippen LogP contribution in [0, 0.1) is 6.92 Å². The molecule has 1 amide bonds. The summed E-state index contributed by atoms with van der Waals surface area (Å²) in [5.74, 6) is 0.102. The van der Waals surface area contributed by atoms with Gasteiger partial charge >= 0.3 is 0 Å². The van der Waals surface area contributed by atoms with E-state index in [1.165, 1.54) is 11.3 Å². The van der Waals surface area contributed by atoms with Gasteiger partial charge in [-0.2, -0.15) is 5.10 Å². The Bertz CT molecular complexity index is 687. The Balaban J connectivity index is 0.00000144. The molecule has 0 aliphatic carbocycles. The molecule has 1 aliphatic rings. The van der Waals surface area contributed by atoms with E-state index < -0.39 is 0 Å².